The van der Waals surface area contributed by atoms with Crippen molar-refractivity contribution in [2.75, 3.05) is 35.3 Å². The summed E-state index contributed by atoms with van der Waals surface area (Å²) in [6, 6.07) is 13.3. The van der Waals surface area contributed by atoms with Gasteiger partial charge in [-0.25, -0.2) is 0 Å². The summed E-state index contributed by atoms with van der Waals surface area (Å²) in [5.41, 5.74) is 16.0. The number of nitrogens with two attached hydrogens (primary N) is 2. The van der Waals surface area contributed by atoms with Gasteiger partial charge in [-0.1, -0.05) is 0 Å². The highest BCUT2D eigenvalue weighted by atomic mass is 16.3. The number of aliphatic hydroxyl groups is 1. The van der Waals surface area contributed by atoms with Gasteiger partial charge in [0, 0.05) is 35.8 Å². The minimum atomic E-state index is 0.101. The van der Waals surface area contributed by atoms with Crippen molar-refractivity contribution in [1.82, 2.24) is 0 Å². The number of rotatable bonds is 6. The number of hydrogen-bond donors (Lipinski definition) is 5. The lowest BCUT2D eigenvalue weighted by Gasteiger charge is -2.12. The Morgan fingerprint density at radius 2 is 1.60 bits per heavy atom. The number of anilines is 4. The van der Waals surface area contributed by atoms with Crippen LogP contribution in [0.3, 0.4) is 0 Å². The molecule has 5 nitrogen and oxygen atoms in total. The molecule has 0 unspecified atom stereocenters. The van der Waals surface area contributed by atoms with Crippen LogP contribution in [0.1, 0.15) is 5.56 Å². The lowest BCUT2D eigenvalue weighted by molar-refractivity contribution is 0.311. The smallest absolute Gasteiger partial charge is 0.0604 e. The van der Waals surface area contributed by atoms with Crippen molar-refractivity contribution in [3.8, 4) is 0 Å². The van der Waals surface area contributed by atoms with E-state index in [2.05, 4.69) is 10.6 Å². The van der Waals surface area contributed by atoms with Gasteiger partial charge in [0.05, 0.1) is 6.61 Å². The number of nitrogen functional groups attached to an aromatic ring is 2. The van der Waals surface area contributed by atoms with E-state index < -0.39 is 0 Å². The van der Waals surface area contributed by atoms with Crippen LogP contribution in [0, 0.1) is 0 Å². The Labute approximate surface area is 118 Å². The van der Waals surface area contributed by atoms with E-state index in [0.717, 1.165) is 28.3 Å². The molecule has 0 spiro atoms. The van der Waals surface area contributed by atoms with Gasteiger partial charge >= 0.3 is 0 Å². The SMILES string of the molecule is Nc1ccc(NCc2cc(NCCO)ccc2N)cc1. The second-order valence-corrected chi connectivity index (χ2v) is 4.54. The highest BCUT2D eigenvalue weighted by Crippen LogP contribution is 2.19. The molecule has 0 saturated carbocycles. The number of hydrogen-bond acceptors (Lipinski definition) is 5. The van der Waals surface area contributed by atoms with Crippen LogP contribution < -0.4 is 22.1 Å². The Hall–Kier alpha value is -2.40. The topological polar surface area (TPSA) is 96.3 Å². The fraction of sp³-hybridized carbons (Fsp3) is 0.200. The lowest BCUT2D eigenvalue weighted by atomic mass is 10.1. The van der Waals surface area contributed by atoms with Crippen LogP contribution in [-0.4, -0.2) is 18.3 Å². The van der Waals surface area contributed by atoms with E-state index >= 15 is 0 Å². The summed E-state index contributed by atoms with van der Waals surface area (Å²) in [6.45, 7) is 1.25. The largest absolute Gasteiger partial charge is 0.399 e. The fourth-order valence-electron chi connectivity index (χ4n) is 1.87. The maximum Gasteiger partial charge on any atom is 0.0604 e. The zero-order chi connectivity index (χ0) is 14.4. The first-order valence-corrected chi connectivity index (χ1v) is 6.51. The molecule has 0 atom stereocenters. The summed E-state index contributed by atoms with van der Waals surface area (Å²) in [4.78, 5) is 0. The molecule has 2 rings (SSSR count). The molecule has 20 heavy (non-hydrogen) atoms. The molecule has 0 aliphatic rings. The third kappa shape index (κ3) is 3.80. The number of benzene rings is 2. The summed E-state index contributed by atoms with van der Waals surface area (Å²) >= 11 is 0. The highest BCUT2D eigenvalue weighted by Gasteiger charge is 2.01. The summed E-state index contributed by atoms with van der Waals surface area (Å²) in [6.07, 6.45) is 0. The Balaban J connectivity index is 2.02. The predicted octanol–water partition coefficient (Wildman–Crippen LogP) is 1.87. The Morgan fingerprint density at radius 1 is 0.900 bits per heavy atom. The van der Waals surface area contributed by atoms with Gasteiger partial charge in [-0.05, 0) is 48.0 Å². The normalized spacial score (nSPS) is 10.2. The van der Waals surface area contributed by atoms with Crippen LogP contribution in [0.4, 0.5) is 22.7 Å². The standard InChI is InChI=1S/C15H20N4O/c16-12-1-3-13(4-2-12)19-10-11-9-14(18-7-8-20)5-6-15(11)17/h1-6,9,18-20H,7-8,10,16-17H2. The molecule has 0 bridgehead atoms. The molecule has 0 aliphatic carbocycles. The molecule has 5 heteroatoms. The minimum Gasteiger partial charge on any atom is -0.399 e. The first-order chi connectivity index (χ1) is 9.69. The maximum atomic E-state index is 8.82. The van der Waals surface area contributed by atoms with Gasteiger partial charge in [0.2, 0.25) is 0 Å². The second kappa shape index (κ2) is 6.68. The summed E-state index contributed by atoms with van der Waals surface area (Å²) in [7, 11) is 0. The van der Waals surface area contributed by atoms with E-state index in [-0.39, 0.29) is 6.61 Å². The Bertz CT molecular complexity index is 554. The molecule has 106 valence electrons. The third-order valence-corrected chi connectivity index (χ3v) is 2.98. The van der Waals surface area contributed by atoms with Gasteiger partial charge < -0.3 is 27.2 Å². The average Bonchev–Trinajstić information content (AvgIpc) is 2.46. The van der Waals surface area contributed by atoms with E-state index in [1.165, 1.54) is 0 Å². The van der Waals surface area contributed by atoms with Crippen LogP contribution >= 0.6 is 0 Å². The average molecular weight is 272 g/mol. The molecular formula is C15H20N4O. The third-order valence-electron chi connectivity index (χ3n) is 2.98. The molecule has 0 heterocycles. The second-order valence-electron chi connectivity index (χ2n) is 4.54. The monoisotopic (exact) mass is 272 g/mol. The molecule has 0 radical (unpaired) electrons. The van der Waals surface area contributed by atoms with Crippen molar-refractivity contribution in [3.05, 3.63) is 48.0 Å². The van der Waals surface area contributed by atoms with E-state index in [0.29, 0.717) is 13.1 Å². The zero-order valence-electron chi connectivity index (χ0n) is 11.3. The molecule has 0 amide bonds. The van der Waals surface area contributed by atoms with E-state index in [9.17, 15) is 0 Å². The van der Waals surface area contributed by atoms with Crippen LogP contribution in [0.2, 0.25) is 0 Å². The van der Waals surface area contributed by atoms with Gasteiger partial charge in [0.15, 0.2) is 0 Å². The minimum absolute atomic E-state index is 0.101. The van der Waals surface area contributed by atoms with Gasteiger partial charge in [0.1, 0.15) is 0 Å². The Kier molecular flexibility index (Phi) is 4.68. The molecule has 2 aromatic rings. The van der Waals surface area contributed by atoms with Gasteiger partial charge in [0.25, 0.3) is 0 Å². The van der Waals surface area contributed by atoms with Crippen molar-refractivity contribution in [2.45, 2.75) is 6.54 Å². The number of aliphatic hydroxyl groups excluding tert-OH is 1. The van der Waals surface area contributed by atoms with Crippen LogP contribution in [0.15, 0.2) is 42.5 Å². The molecule has 0 fully saturated rings. The van der Waals surface area contributed by atoms with Crippen molar-refractivity contribution in [3.63, 3.8) is 0 Å². The molecule has 7 N–H and O–H groups in total. The van der Waals surface area contributed by atoms with Crippen LogP contribution in [-0.2, 0) is 6.54 Å². The van der Waals surface area contributed by atoms with Crippen LogP contribution in [0.25, 0.3) is 0 Å². The van der Waals surface area contributed by atoms with Crippen molar-refractivity contribution >= 4 is 22.7 Å². The van der Waals surface area contributed by atoms with Crippen LogP contribution in [0.5, 0.6) is 0 Å². The predicted molar refractivity (Wildman–Crippen MR) is 84.6 cm³/mol. The maximum absolute atomic E-state index is 8.82. The summed E-state index contributed by atoms with van der Waals surface area (Å²) in [5.74, 6) is 0. The van der Waals surface area contributed by atoms with E-state index in [1.807, 2.05) is 42.5 Å². The molecular weight excluding hydrogens is 252 g/mol. The van der Waals surface area contributed by atoms with Gasteiger partial charge in [-0.2, -0.15) is 0 Å². The first kappa shape index (κ1) is 14.0. The number of nitrogens with one attached hydrogen (secondary N) is 2. The van der Waals surface area contributed by atoms with Gasteiger partial charge in [-0.15, -0.1) is 0 Å². The molecule has 0 aromatic heterocycles. The fourth-order valence-corrected chi connectivity index (χ4v) is 1.87. The molecule has 2 aromatic carbocycles. The molecule has 0 aliphatic heterocycles. The Morgan fingerprint density at radius 3 is 2.30 bits per heavy atom. The summed E-state index contributed by atoms with van der Waals surface area (Å²) < 4.78 is 0. The van der Waals surface area contributed by atoms with Crippen molar-refractivity contribution in [1.29, 1.82) is 0 Å². The highest BCUT2D eigenvalue weighted by molar-refractivity contribution is 5.59. The summed E-state index contributed by atoms with van der Waals surface area (Å²) in [5, 5.41) is 15.2. The van der Waals surface area contributed by atoms with E-state index in [1.54, 1.807) is 0 Å². The van der Waals surface area contributed by atoms with Crippen molar-refractivity contribution in [2.24, 2.45) is 0 Å². The first-order valence-electron chi connectivity index (χ1n) is 6.51. The van der Waals surface area contributed by atoms with Crippen molar-refractivity contribution < 1.29 is 5.11 Å². The molecule has 0 saturated heterocycles. The quantitative estimate of drug-likeness (QED) is 0.517. The van der Waals surface area contributed by atoms with E-state index in [4.69, 9.17) is 16.6 Å². The zero-order valence-corrected chi connectivity index (χ0v) is 11.3. The van der Waals surface area contributed by atoms with Gasteiger partial charge in [-0.3, -0.25) is 0 Å². The lowest BCUT2D eigenvalue weighted by Crippen LogP contribution is -2.08.